The summed E-state index contributed by atoms with van der Waals surface area (Å²) in [4.78, 5) is 188. The molecular weight excluding hydrogens is 1250 g/mol. The number of aromatic nitrogens is 4. The zero-order valence-corrected chi connectivity index (χ0v) is 54.3. The fourth-order valence-electron chi connectivity index (χ4n) is 10.5. The molecule has 0 radical (unpaired) electrons. The Balaban J connectivity index is 1.41. The molecule has 5 rings (SSSR count). The molecule has 522 valence electrons. The summed E-state index contributed by atoms with van der Waals surface area (Å²) in [7, 11) is 0. The number of aliphatic imine (C=N–C) groups is 1. The van der Waals surface area contributed by atoms with Crippen molar-refractivity contribution in [2.75, 3.05) is 13.1 Å². The number of hydrogen-bond donors (Lipinski definition) is 15. The molecule has 0 saturated carbocycles. The molecule has 1 aliphatic rings. The Hall–Kier alpha value is -10.5. The van der Waals surface area contributed by atoms with E-state index in [0.717, 1.165) is 0 Å². The Kier molecular flexibility index (Phi) is 29.7. The molecule has 3 heterocycles. The second-order valence-electron chi connectivity index (χ2n) is 24.2. The number of aromatic hydroxyl groups is 1. The molecule has 1 fully saturated rings. The zero-order valence-electron chi connectivity index (χ0n) is 54.3. The summed E-state index contributed by atoms with van der Waals surface area (Å²) in [5.74, 6) is -12.4. The fourth-order valence-corrected chi connectivity index (χ4v) is 10.5. The van der Waals surface area contributed by atoms with Crippen molar-refractivity contribution in [1.82, 2.24) is 67.4 Å². The lowest BCUT2D eigenvalue weighted by atomic mass is 9.96. The van der Waals surface area contributed by atoms with Crippen LogP contribution in [0.2, 0.25) is 0 Å². The number of nitrogens with one attached hydrogen (secondary N) is 10. The number of phenols is 1. The lowest BCUT2D eigenvalue weighted by Gasteiger charge is -2.32. The largest absolute Gasteiger partial charge is 0.508 e. The van der Waals surface area contributed by atoms with E-state index in [0.29, 0.717) is 28.9 Å². The van der Waals surface area contributed by atoms with Gasteiger partial charge in [-0.05, 0) is 73.1 Å². The Morgan fingerprint density at radius 2 is 1.19 bits per heavy atom. The molecule has 2 aromatic carbocycles. The van der Waals surface area contributed by atoms with Gasteiger partial charge in [0.15, 0.2) is 5.96 Å². The number of hydrogen-bond acceptors (Lipinski definition) is 19. The van der Waals surface area contributed by atoms with Gasteiger partial charge in [0.1, 0.15) is 60.1 Å². The van der Waals surface area contributed by atoms with Crippen molar-refractivity contribution in [2.24, 2.45) is 39.9 Å². The predicted octanol–water partition coefficient (Wildman–Crippen LogP) is -1.68. The molecular formula is C62H88N18O16. The van der Waals surface area contributed by atoms with Crippen LogP contribution in [-0.2, 0) is 83.3 Å². The van der Waals surface area contributed by atoms with E-state index in [-0.39, 0.29) is 88.5 Å². The number of aliphatic carboxylic acids is 1. The van der Waals surface area contributed by atoms with Crippen molar-refractivity contribution in [1.29, 1.82) is 0 Å². The number of phenolic OH excluding ortho intramolecular Hbond substituents is 1. The van der Waals surface area contributed by atoms with Crippen LogP contribution in [0.25, 0.3) is 0 Å². The maximum Gasteiger partial charge on any atom is 0.325 e. The third-order valence-corrected chi connectivity index (χ3v) is 15.8. The average molecular weight is 1340 g/mol. The van der Waals surface area contributed by atoms with Crippen molar-refractivity contribution in [3.63, 3.8) is 0 Å². The van der Waals surface area contributed by atoms with Gasteiger partial charge in [-0.1, -0.05) is 90.4 Å². The highest BCUT2D eigenvalue weighted by Crippen LogP contribution is 2.22. The number of likely N-dealkylation sites (tertiary alicyclic amines) is 1. The number of H-pyrrole nitrogens is 2. The molecule has 96 heavy (non-hydrogen) atoms. The highest BCUT2D eigenvalue weighted by Gasteiger charge is 2.42. The van der Waals surface area contributed by atoms with Crippen LogP contribution in [-0.4, -0.2) is 185 Å². The number of carbonyl (C=O) groups excluding carboxylic acids is 10. The molecule has 0 unspecified atom stereocenters. The van der Waals surface area contributed by atoms with Gasteiger partial charge in [-0.15, -0.1) is 10.1 Å². The molecule has 1 aliphatic heterocycles. The molecule has 0 spiro atoms. The van der Waals surface area contributed by atoms with Crippen molar-refractivity contribution < 1.29 is 72.9 Å². The minimum Gasteiger partial charge on any atom is -0.508 e. The molecule has 34 nitrogen and oxygen atoms in total. The Labute approximate surface area is 553 Å². The fraction of sp³-hybridized carbons (Fsp3) is 0.516. The lowest BCUT2D eigenvalue weighted by Crippen LogP contribution is -2.62. The van der Waals surface area contributed by atoms with Crippen LogP contribution >= 0.6 is 0 Å². The van der Waals surface area contributed by atoms with Crippen molar-refractivity contribution in [3.05, 3.63) is 112 Å². The van der Waals surface area contributed by atoms with E-state index in [1.54, 1.807) is 71.9 Å². The molecule has 18 N–H and O–H groups in total. The van der Waals surface area contributed by atoms with Gasteiger partial charge in [-0.3, -0.25) is 57.7 Å². The monoisotopic (exact) mass is 1340 g/mol. The van der Waals surface area contributed by atoms with Gasteiger partial charge in [0.25, 0.3) is 0 Å². The number of amides is 9. The number of rotatable bonds is 38. The summed E-state index contributed by atoms with van der Waals surface area (Å²) in [6, 6.07) is 0.0609. The number of imidazole rings is 2. The van der Waals surface area contributed by atoms with Crippen LogP contribution < -0.4 is 59.7 Å². The number of nitrogens with two attached hydrogens (primary N) is 3. The zero-order chi connectivity index (χ0) is 70.8. The number of guanidine groups is 1. The smallest absolute Gasteiger partial charge is 0.325 e. The van der Waals surface area contributed by atoms with Crippen LogP contribution in [0.4, 0.5) is 0 Å². The second kappa shape index (κ2) is 37.4. The number of carbonyl (C=O) groups is 11. The third kappa shape index (κ3) is 24.4. The van der Waals surface area contributed by atoms with Crippen molar-refractivity contribution >= 4 is 71.1 Å². The molecule has 0 aliphatic carbocycles. The Morgan fingerprint density at radius 3 is 1.74 bits per heavy atom. The molecule has 34 heteroatoms. The third-order valence-electron chi connectivity index (χ3n) is 15.8. The quantitative estimate of drug-likeness (QED) is 0.00783. The second-order valence-corrected chi connectivity index (χ2v) is 24.2. The first-order valence-corrected chi connectivity index (χ1v) is 31.4. The number of nitrogens with zero attached hydrogens (tertiary/aromatic N) is 5. The average Bonchev–Trinajstić information content (AvgIpc) is 1.55. The van der Waals surface area contributed by atoms with Crippen LogP contribution in [0.1, 0.15) is 109 Å². The van der Waals surface area contributed by atoms with Crippen LogP contribution in [0, 0.1) is 27.9 Å². The van der Waals surface area contributed by atoms with E-state index < -0.39 is 149 Å². The Bertz CT molecular complexity index is 3310. The van der Waals surface area contributed by atoms with Crippen LogP contribution in [0.3, 0.4) is 0 Å². The van der Waals surface area contributed by atoms with Crippen molar-refractivity contribution in [3.8, 4) is 5.75 Å². The van der Waals surface area contributed by atoms with Gasteiger partial charge in [0, 0.05) is 62.6 Å². The van der Waals surface area contributed by atoms with Gasteiger partial charge in [0.05, 0.1) is 25.1 Å². The first kappa shape index (κ1) is 76.2. The minimum absolute atomic E-state index is 0.0162. The molecule has 11 atom stereocenters. The van der Waals surface area contributed by atoms with E-state index in [1.165, 1.54) is 54.2 Å². The van der Waals surface area contributed by atoms with E-state index in [4.69, 9.17) is 17.2 Å². The molecule has 4 aromatic rings. The number of aromatic amines is 2. The summed E-state index contributed by atoms with van der Waals surface area (Å²) < 4.78 is 0. The molecule has 1 saturated heterocycles. The van der Waals surface area contributed by atoms with Gasteiger partial charge < -0.3 is 84.8 Å². The lowest BCUT2D eigenvalue weighted by molar-refractivity contribution is -0.730. The molecule has 2 aromatic heterocycles. The van der Waals surface area contributed by atoms with Crippen molar-refractivity contribution in [2.45, 2.75) is 173 Å². The van der Waals surface area contributed by atoms with E-state index in [9.17, 15) is 68.3 Å². The highest BCUT2D eigenvalue weighted by molar-refractivity contribution is 5.99. The maximum absolute atomic E-state index is 15.1. The highest BCUT2D eigenvalue weighted by atomic mass is 17.0. The standard InChI is InChI=1S/C62H88N18O16/c1-7-35(6)51(78-56(88)44(25-37-17-19-40(81)20-18-37)74-58(90)50(34(4)5)77-53(85)42(15-11-21-68-62(64)65)71-52(84)41(63)28-49(82)83)59(91)75-46(27-39-30-67-32-70-39)60(92)79-22-12-16-48(79)57(89)73-43(24-36-13-9-8-10-14-36)54(86)72-45(26-38-29-66-31-69-38)55(87)76-47(23-33(2)3)61(93)96-80(94)95/h8-10,13-14,17-20,29-35,41-48,50-51,81H,7,11-12,15-16,21-28,63H2,1-6H3,(H,66,69)(H,67,70)(H,71,84)(H,72,86)(H,73,89)(H,74,90)(H,75,91)(H,76,87)(H,77,85)(H,78,88)(H,82,83)(H4,64,65,68)/t35-,41-,42-,43-,44-,45-,46-,47-,48-,50-,51-/m0/s1. The van der Waals surface area contributed by atoms with E-state index in [1.807, 2.05) is 0 Å². The molecule has 0 bridgehead atoms. The summed E-state index contributed by atoms with van der Waals surface area (Å²) in [5.41, 5.74) is 18.5. The Morgan fingerprint density at radius 1 is 0.677 bits per heavy atom. The SMILES string of the molecule is CC[C@H](C)[C@H](NC(=O)[C@H](Cc1ccc(O)cc1)NC(=O)[C@@H](NC(=O)[C@H](CCCN=C(N)N)NC(=O)[C@@H](N)CC(=O)O)C(C)C)C(=O)N[C@@H](Cc1cnc[nH]1)C(=O)N1CCC[C@H]1C(=O)N[C@@H](Cc1ccccc1)C(=O)N[C@@H](Cc1cnc[nH]1)C(=O)N[C@@H](CC(C)C)C(=O)O[N+](=O)[O-]. The first-order chi connectivity index (χ1) is 45.5. The summed E-state index contributed by atoms with van der Waals surface area (Å²) >= 11 is 0. The van der Waals surface area contributed by atoms with Crippen LogP contribution in [0.5, 0.6) is 5.75 Å². The van der Waals surface area contributed by atoms with E-state index >= 15 is 4.79 Å². The number of carboxylic acids is 1. The summed E-state index contributed by atoms with van der Waals surface area (Å²) in [6.45, 7) is 10.1. The number of benzene rings is 2. The first-order valence-electron chi connectivity index (χ1n) is 31.4. The van der Waals surface area contributed by atoms with Gasteiger partial charge in [-0.25, -0.2) is 14.8 Å². The maximum atomic E-state index is 15.1. The summed E-state index contributed by atoms with van der Waals surface area (Å²) in [6.07, 6.45) is 4.65. The normalized spacial score (nSPS) is 15.9. The summed E-state index contributed by atoms with van der Waals surface area (Å²) in [5, 5.41) is 50.5. The van der Waals surface area contributed by atoms with Crippen LogP contribution in [0.15, 0.2) is 84.6 Å². The number of carboxylic acid groups (broad SMARTS) is 1. The molecule has 9 amide bonds. The predicted molar refractivity (Wildman–Crippen MR) is 344 cm³/mol. The topological polar surface area (TPSA) is 528 Å². The van der Waals surface area contributed by atoms with Gasteiger partial charge in [0.2, 0.25) is 53.2 Å². The van der Waals surface area contributed by atoms with Gasteiger partial charge in [-0.2, -0.15) is 0 Å². The minimum atomic E-state index is -1.54. The van der Waals surface area contributed by atoms with E-state index in [2.05, 4.69) is 72.3 Å². The van der Waals surface area contributed by atoms with Gasteiger partial charge >= 0.3 is 17.0 Å².